The maximum absolute atomic E-state index is 12.7. The Labute approximate surface area is 194 Å². The smallest absolute Gasteiger partial charge is 0.257 e. The van der Waals surface area contributed by atoms with Gasteiger partial charge in [-0.05, 0) is 37.1 Å². The maximum atomic E-state index is 12.7. The number of hydrogen-bond donors (Lipinski definition) is 2. The SMILES string of the molecule is O=C(CN1CCN(CC(=O)N2CCCC2)CC1)Nc1ccccc1C(=O)Nc1ccccc1. The minimum atomic E-state index is -0.270. The van der Waals surface area contributed by atoms with Gasteiger partial charge in [0, 0.05) is 45.0 Å². The first-order valence-electron chi connectivity index (χ1n) is 11.6. The summed E-state index contributed by atoms with van der Waals surface area (Å²) in [4.78, 5) is 44.0. The summed E-state index contributed by atoms with van der Waals surface area (Å²) in [6.45, 7) is 5.47. The van der Waals surface area contributed by atoms with Crippen molar-refractivity contribution in [3.8, 4) is 0 Å². The highest BCUT2D eigenvalue weighted by molar-refractivity contribution is 6.10. The van der Waals surface area contributed by atoms with E-state index in [1.807, 2.05) is 35.2 Å². The van der Waals surface area contributed by atoms with Gasteiger partial charge in [0.15, 0.2) is 0 Å². The lowest BCUT2D eigenvalue weighted by Gasteiger charge is -2.34. The molecule has 0 bridgehead atoms. The zero-order valence-electron chi connectivity index (χ0n) is 18.8. The largest absolute Gasteiger partial charge is 0.342 e. The lowest BCUT2D eigenvalue weighted by molar-refractivity contribution is -0.132. The van der Waals surface area contributed by atoms with Crippen molar-refractivity contribution in [2.75, 3.05) is 63.0 Å². The molecule has 0 atom stereocenters. The van der Waals surface area contributed by atoms with E-state index in [1.54, 1.807) is 24.3 Å². The van der Waals surface area contributed by atoms with Crippen LogP contribution in [-0.2, 0) is 9.59 Å². The molecule has 4 rings (SSSR count). The molecule has 2 aliphatic rings. The van der Waals surface area contributed by atoms with Crippen LogP contribution in [0.4, 0.5) is 11.4 Å². The van der Waals surface area contributed by atoms with Gasteiger partial charge in [-0.15, -0.1) is 0 Å². The van der Waals surface area contributed by atoms with Gasteiger partial charge in [0.05, 0.1) is 24.3 Å². The minimum absolute atomic E-state index is 0.156. The number of anilines is 2. The second kappa shape index (κ2) is 11.1. The summed E-state index contributed by atoms with van der Waals surface area (Å²) >= 11 is 0. The predicted octanol–water partition coefficient (Wildman–Crippen LogP) is 2.12. The number of nitrogens with one attached hydrogen (secondary N) is 2. The van der Waals surface area contributed by atoms with Crippen LogP contribution in [0.1, 0.15) is 23.2 Å². The van der Waals surface area contributed by atoms with Gasteiger partial charge < -0.3 is 15.5 Å². The van der Waals surface area contributed by atoms with Gasteiger partial charge in [0.1, 0.15) is 0 Å². The lowest BCUT2D eigenvalue weighted by Crippen LogP contribution is -2.51. The molecule has 0 unspecified atom stereocenters. The summed E-state index contributed by atoms with van der Waals surface area (Å²) in [5, 5.41) is 5.75. The Morgan fingerprint density at radius 3 is 2.00 bits per heavy atom. The average molecular weight is 450 g/mol. The Hall–Kier alpha value is -3.23. The molecule has 0 radical (unpaired) electrons. The summed E-state index contributed by atoms with van der Waals surface area (Å²) in [6.07, 6.45) is 2.21. The molecule has 3 amide bonds. The monoisotopic (exact) mass is 449 g/mol. The Morgan fingerprint density at radius 2 is 1.30 bits per heavy atom. The first kappa shape index (κ1) is 22.9. The molecule has 2 aliphatic heterocycles. The van der Waals surface area contributed by atoms with Crippen LogP contribution in [-0.4, -0.2) is 84.8 Å². The first-order valence-corrected chi connectivity index (χ1v) is 11.6. The highest BCUT2D eigenvalue weighted by Crippen LogP contribution is 2.18. The molecule has 33 heavy (non-hydrogen) atoms. The molecule has 0 saturated carbocycles. The fraction of sp³-hybridized carbons (Fsp3) is 0.400. The number of carbonyl (C=O) groups excluding carboxylic acids is 3. The number of rotatable bonds is 7. The van der Waals surface area contributed by atoms with Gasteiger partial charge in [0.25, 0.3) is 5.91 Å². The van der Waals surface area contributed by atoms with Crippen molar-refractivity contribution in [3.63, 3.8) is 0 Å². The first-order chi connectivity index (χ1) is 16.1. The van der Waals surface area contributed by atoms with E-state index in [0.717, 1.165) is 52.1 Å². The third-order valence-corrected chi connectivity index (χ3v) is 6.13. The molecular weight excluding hydrogens is 418 g/mol. The average Bonchev–Trinajstić information content (AvgIpc) is 3.37. The number of para-hydroxylation sites is 2. The van der Waals surface area contributed by atoms with Gasteiger partial charge in [-0.25, -0.2) is 0 Å². The third-order valence-electron chi connectivity index (χ3n) is 6.13. The topological polar surface area (TPSA) is 85.0 Å². The summed E-state index contributed by atoms with van der Waals surface area (Å²) in [7, 11) is 0. The molecule has 2 heterocycles. The number of piperazine rings is 1. The number of amides is 3. The third kappa shape index (κ3) is 6.40. The quantitative estimate of drug-likeness (QED) is 0.677. The normalized spacial score (nSPS) is 17.0. The van der Waals surface area contributed by atoms with Gasteiger partial charge >= 0.3 is 0 Å². The minimum Gasteiger partial charge on any atom is -0.342 e. The van der Waals surface area contributed by atoms with Crippen LogP contribution in [0.3, 0.4) is 0 Å². The molecular formula is C25H31N5O3. The van der Waals surface area contributed by atoms with Gasteiger partial charge in [0.2, 0.25) is 11.8 Å². The molecule has 2 N–H and O–H groups in total. The van der Waals surface area contributed by atoms with Crippen LogP contribution in [0, 0.1) is 0 Å². The maximum Gasteiger partial charge on any atom is 0.257 e. The predicted molar refractivity (Wildman–Crippen MR) is 128 cm³/mol. The Morgan fingerprint density at radius 1 is 0.697 bits per heavy atom. The van der Waals surface area contributed by atoms with Crippen LogP contribution in [0.25, 0.3) is 0 Å². The van der Waals surface area contributed by atoms with E-state index >= 15 is 0 Å². The standard InChI is InChI=1S/C25H31N5O3/c31-23(18-28-14-16-29(17-15-28)19-24(32)30-12-6-7-13-30)27-22-11-5-4-10-21(22)25(33)26-20-8-2-1-3-9-20/h1-5,8-11H,6-7,12-19H2,(H,26,33)(H,27,31). The number of nitrogens with zero attached hydrogens (tertiary/aromatic N) is 3. The van der Waals surface area contributed by atoms with Crippen molar-refractivity contribution in [2.24, 2.45) is 0 Å². The molecule has 2 saturated heterocycles. The molecule has 0 spiro atoms. The number of likely N-dealkylation sites (tertiary alicyclic amines) is 1. The van der Waals surface area contributed by atoms with Crippen molar-refractivity contribution >= 4 is 29.1 Å². The van der Waals surface area contributed by atoms with Crippen molar-refractivity contribution in [3.05, 3.63) is 60.2 Å². The number of carbonyl (C=O) groups is 3. The van der Waals surface area contributed by atoms with Gasteiger partial charge in [-0.1, -0.05) is 30.3 Å². The highest BCUT2D eigenvalue weighted by atomic mass is 16.2. The lowest BCUT2D eigenvalue weighted by atomic mass is 10.1. The van der Waals surface area contributed by atoms with Crippen LogP contribution in [0.15, 0.2) is 54.6 Å². The Kier molecular flexibility index (Phi) is 7.70. The Balaban J connectivity index is 1.26. The number of hydrogen-bond acceptors (Lipinski definition) is 5. The summed E-state index contributed by atoms with van der Waals surface area (Å²) in [5.41, 5.74) is 1.61. The van der Waals surface area contributed by atoms with E-state index in [2.05, 4.69) is 20.4 Å². The molecule has 8 heteroatoms. The van der Waals surface area contributed by atoms with Crippen molar-refractivity contribution in [1.29, 1.82) is 0 Å². The molecule has 0 aliphatic carbocycles. The fourth-order valence-corrected chi connectivity index (χ4v) is 4.27. The van der Waals surface area contributed by atoms with E-state index in [4.69, 9.17) is 0 Å². The van der Waals surface area contributed by atoms with E-state index in [1.165, 1.54) is 0 Å². The van der Waals surface area contributed by atoms with Crippen molar-refractivity contribution in [1.82, 2.24) is 14.7 Å². The zero-order chi connectivity index (χ0) is 23.0. The van der Waals surface area contributed by atoms with Crippen LogP contribution >= 0.6 is 0 Å². The second-order valence-electron chi connectivity index (χ2n) is 8.55. The van der Waals surface area contributed by atoms with Gasteiger partial charge in [-0.3, -0.25) is 24.2 Å². The summed E-state index contributed by atoms with van der Waals surface area (Å²) in [5.74, 6) is -0.214. The van der Waals surface area contributed by atoms with E-state index in [0.29, 0.717) is 23.5 Å². The molecule has 2 aromatic carbocycles. The molecule has 2 fully saturated rings. The summed E-state index contributed by atoms with van der Waals surface area (Å²) in [6, 6.07) is 16.2. The fourth-order valence-electron chi connectivity index (χ4n) is 4.27. The van der Waals surface area contributed by atoms with Crippen LogP contribution < -0.4 is 10.6 Å². The van der Waals surface area contributed by atoms with Gasteiger partial charge in [-0.2, -0.15) is 0 Å². The summed E-state index contributed by atoms with van der Waals surface area (Å²) < 4.78 is 0. The molecule has 0 aromatic heterocycles. The van der Waals surface area contributed by atoms with E-state index in [-0.39, 0.29) is 24.3 Å². The van der Waals surface area contributed by atoms with E-state index in [9.17, 15) is 14.4 Å². The zero-order valence-corrected chi connectivity index (χ0v) is 18.8. The molecule has 8 nitrogen and oxygen atoms in total. The van der Waals surface area contributed by atoms with Crippen molar-refractivity contribution < 1.29 is 14.4 Å². The van der Waals surface area contributed by atoms with Crippen LogP contribution in [0.2, 0.25) is 0 Å². The van der Waals surface area contributed by atoms with Crippen molar-refractivity contribution in [2.45, 2.75) is 12.8 Å². The molecule has 2 aromatic rings. The highest BCUT2D eigenvalue weighted by Gasteiger charge is 2.24. The molecule has 174 valence electrons. The Bertz CT molecular complexity index is 967. The van der Waals surface area contributed by atoms with E-state index < -0.39 is 0 Å². The second-order valence-corrected chi connectivity index (χ2v) is 8.55. The van der Waals surface area contributed by atoms with Crippen LogP contribution in [0.5, 0.6) is 0 Å². The number of benzene rings is 2.